The van der Waals surface area contributed by atoms with Crippen LogP contribution in [0.3, 0.4) is 0 Å². The van der Waals surface area contributed by atoms with Crippen LogP contribution in [0.4, 0.5) is 4.39 Å². The second-order valence-corrected chi connectivity index (χ2v) is 8.77. The van der Waals surface area contributed by atoms with Crippen LogP contribution in [0.2, 0.25) is 0 Å². The molecule has 168 valence electrons. The summed E-state index contributed by atoms with van der Waals surface area (Å²) >= 11 is 0. The van der Waals surface area contributed by atoms with Crippen LogP contribution in [0.1, 0.15) is 24.8 Å². The predicted molar refractivity (Wildman–Crippen MR) is 130 cm³/mol. The lowest BCUT2D eigenvalue weighted by Gasteiger charge is -2.38. The lowest BCUT2D eigenvalue weighted by molar-refractivity contribution is 0.253. The van der Waals surface area contributed by atoms with Crippen LogP contribution < -0.4 is 11.3 Å². The van der Waals surface area contributed by atoms with Gasteiger partial charge in [0.15, 0.2) is 5.65 Å². The van der Waals surface area contributed by atoms with Crippen molar-refractivity contribution in [2.24, 2.45) is 5.73 Å². The van der Waals surface area contributed by atoms with E-state index in [4.69, 9.17) is 10.7 Å². The van der Waals surface area contributed by atoms with Gasteiger partial charge >= 0.3 is 0 Å². The number of hydrogen-bond donors (Lipinski definition) is 2. The van der Waals surface area contributed by atoms with Crippen LogP contribution in [-0.2, 0) is 5.54 Å². The van der Waals surface area contributed by atoms with Gasteiger partial charge in [-0.15, -0.1) is 0 Å². The third-order valence-electron chi connectivity index (χ3n) is 6.67. The number of aromatic amines is 1. The number of nitrogens with two attached hydrogens (primary N) is 1. The molecular formula is C27H22FN5O. The first kappa shape index (κ1) is 20.5. The maximum atomic E-state index is 14.5. The van der Waals surface area contributed by atoms with Gasteiger partial charge in [0.2, 0.25) is 0 Å². The second kappa shape index (κ2) is 7.74. The zero-order chi connectivity index (χ0) is 23.3. The molecule has 1 saturated carbocycles. The largest absolute Gasteiger partial charge is 0.321 e. The first-order valence-corrected chi connectivity index (χ1v) is 11.3. The molecular weight excluding hydrogens is 429 g/mol. The summed E-state index contributed by atoms with van der Waals surface area (Å²) in [5.41, 5.74) is 9.90. The monoisotopic (exact) mass is 451 g/mol. The standard InChI is InChI=1S/C27H22FN5O/c28-21-7-2-1-6-19(21)24-31-25-20(26(34)32-24)16-23(22-8-3-4-15-30-22)33(25)18-11-9-17(10-12-18)27(29)13-5-14-27/h1-4,6-12,15-16H,5,13-14,29H2,(H,31,32,34). The van der Waals surface area contributed by atoms with E-state index in [-0.39, 0.29) is 22.5 Å². The first-order chi connectivity index (χ1) is 16.5. The number of rotatable bonds is 4. The minimum absolute atomic E-state index is 0.175. The van der Waals surface area contributed by atoms with Crippen molar-refractivity contribution in [3.63, 3.8) is 0 Å². The van der Waals surface area contributed by atoms with E-state index in [1.165, 1.54) is 6.07 Å². The molecule has 6 nitrogen and oxygen atoms in total. The smallest absolute Gasteiger partial charge is 0.260 e. The summed E-state index contributed by atoms with van der Waals surface area (Å²) < 4.78 is 16.4. The molecule has 3 aromatic heterocycles. The highest BCUT2D eigenvalue weighted by molar-refractivity contribution is 5.86. The minimum atomic E-state index is -0.453. The summed E-state index contributed by atoms with van der Waals surface area (Å²) in [6.45, 7) is 0. The lowest BCUT2D eigenvalue weighted by atomic mass is 9.73. The number of nitrogens with zero attached hydrogens (tertiary/aromatic N) is 3. The van der Waals surface area contributed by atoms with E-state index in [1.807, 2.05) is 47.0 Å². The molecule has 0 unspecified atom stereocenters. The van der Waals surface area contributed by atoms with Gasteiger partial charge in [0.25, 0.3) is 5.56 Å². The molecule has 0 aliphatic heterocycles. The van der Waals surface area contributed by atoms with E-state index in [9.17, 15) is 9.18 Å². The Bertz CT molecular complexity index is 1570. The van der Waals surface area contributed by atoms with Gasteiger partial charge in [-0.1, -0.05) is 30.3 Å². The number of pyridine rings is 1. The Morgan fingerprint density at radius 2 is 1.76 bits per heavy atom. The van der Waals surface area contributed by atoms with E-state index in [1.54, 1.807) is 30.5 Å². The molecule has 3 heterocycles. The van der Waals surface area contributed by atoms with Gasteiger partial charge < -0.3 is 10.7 Å². The predicted octanol–water partition coefficient (Wildman–Crippen LogP) is 4.92. The van der Waals surface area contributed by atoms with E-state index >= 15 is 0 Å². The molecule has 3 N–H and O–H groups in total. The highest BCUT2D eigenvalue weighted by Crippen LogP contribution is 2.39. The average molecular weight is 452 g/mol. The van der Waals surface area contributed by atoms with Gasteiger partial charge in [-0.05, 0) is 67.3 Å². The summed E-state index contributed by atoms with van der Waals surface area (Å²) in [4.78, 5) is 25.0. The van der Waals surface area contributed by atoms with Crippen molar-refractivity contribution in [1.82, 2.24) is 19.5 Å². The van der Waals surface area contributed by atoms with Crippen molar-refractivity contribution < 1.29 is 4.39 Å². The second-order valence-electron chi connectivity index (χ2n) is 8.77. The Hall–Kier alpha value is -4.10. The van der Waals surface area contributed by atoms with Crippen LogP contribution in [0.5, 0.6) is 0 Å². The molecule has 0 saturated heterocycles. The lowest BCUT2D eigenvalue weighted by Crippen LogP contribution is -2.43. The fourth-order valence-electron chi connectivity index (χ4n) is 4.62. The Labute approximate surface area is 194 Å². The molecule has 34 heavy (non-hydrogen) atoms. The van der Waals surface area contributed by atoms with E-state index in [2.05, 4.69) is 9.97 Å². The number of nitrogens with one attached hydrogen (secondary N) is 1. The molecule has 2 aromatic carbocycles. The van der Waals surface area contributed by atoms with Crippen molar-refractivity contribution in [3.05, 3.63) is 101 Å². The maximum Gasteiger partial charge on any atom is 0.260 e. The van der Waals surface area contributed by atoms with Crippen molar-refractivity contribution in [2.75, 3.05) is 0 Å². The van der Waals surface area contributed by atoms with Crippen LogP contribution in [0.15, 0.2) is 83.8 Å². The molecule has 5 aromatic rings. The molecule has 0 atom stereocenters. The van der Waals surface area contributed by atoms with Crippen LogP contribution in [-0.4, -0.2) is 19.5 Å². The fourth-order valence-corrected chi connectivity index (χ4v) is 4.62. The van der Waals surface area contributed by atoms with Gasteiger partial charge in [-0.2, -0.15) is 0 Å². The fraction of sp³-hybridized carbons (Fsp3) is 0.148. The topological polar surface area (TPSA) is 89.6 Å². The summed E-state index contributed by atoms with van der Waals surface area (Å²) in [5.74, 6) is -0.277. The van der Waals surface area contributed by atoms with Crippen LogP contribution in [0.25, 0.3) is 39.5 Å². The molecule has 0 bridgehead atoms. The van der Waals surface area contributed by atoms with Gasteiger partial charge in [0, 0.05) is 17.4 Å². The molecule has 0 amide bonds. The third kappa shape index (κ3) is 3.24. The normalized spacial score (nSPS) is 14.8. The van der Waals surface area contributed by atoms with Crippen molar-refractivity contribution in [3.8, 4) is 28.5 Å². The van der Waals surface area contributed by atoms with Crippen LogP contribution >= 0.6 is 0 Å². The molecule has 6 rings (SSSR count). The van der Waals surface area contributed by atoms with E-state index < -0.39 is 5.82 Å². The Kier molecular flexibility index (Phi) is 4.67. The summed E-state index contributed by atoms with van der Waals surface area (Å²) in [6, 6.07) is 21.7. The zero-order valence-electron chi connectivity index (χ0n) is 18.3. The van der Waals surface area contributed by atoms with Crippen molar-refractivity contribution in [2.45, 2.75) is 24.8 Å². The number of H-pyrrole nitrogens is 1. The third-order valence-corrected chi connectivity index (χ3v) is 6.67. The molecule has 1 fully saturated rings. The summed E-state index contributed by atoms with van der Waals surface area (Å²) in [5, 5.41) is 0.402. The number of hydrogen-bond acceptors (Lipinski definition) is 4. The molecule has 7 heteroatoms. The van der Waals surface area contributed by atoms with Gasteiger partial charge in [0.05, 0.1) is 22.3 Å². The van der Waals surface area contributed by atoms with Gasteiger partial charge in [0.1, 0.15) is 11.6 Å². The number of halogens is 1. The highest BCUT2D eigenvalue weighted by atomic mass is 19.1. The van der Waals surface area contributed by atoms with Gasteiger partial charge in [-0.25, -0.2) is 9.37 Å². The first-order valence-electron chi connectivity index (χ1n) is 11.3. The van der Waals surface area contributed by atoms with Crippen molar-refractivity contribution >= 4 is 11.0 Å². The summed E-state index contributed by atoms with van der Waals surface area (Å²) in [7, 11) is 0. The number of aromatic nitrogens is 4. The van der Waals surface area contributed by atoms with Crippen molar-refractivity contribution in [1.29, 1.82) is 0 Å². The minimum Gasteiger partial charge on any atom is -0.321 e. The Morgan fingerprint density at radius 3 is 2.44 bits per heavy atom. The number of benzene rings is 2. The quantitative estimate of drug-likeness (QED) is 0.406. The van der Waals surface area contributed by atoms with E-state index in [0.29, 0.717) is 16.7 Å². The van der Waals surface area contributed by atoms with E-state index in [0.717, 1.165) is 36.2 Å². The zero-order valence-corrected chi connectivity index (χ0v) is 18.3. The SMILES string of the molecule is NC1(c2ccc(-n3c(-c4ccccn4)cc4c(=O)[nH]c(-c5ccccc5F)nc43)cc2)CCC1. The number of fused-ring (bicyclic) bond motifs is 1. The highest BCUT2D eigenvalue weighted by Gasteiger charge is 2.34. The molecule has 1 aliphatic carbocycles. The van der Waals surface area contributed by atoms with Crippen LogP contribution in [0, 0.1) is 5.82 Å². The molecule has 1 aliphatic rings. The Balaban J connectivity index is 1.60. The molecule has 0 radical (unpaired) electrons. The Morgan fingerprint density at radius 1 is 1.00 bits per heavy atom. The maximum absolute atomic E-state index is 14.5. The average Bonchev–Trinajstić information content (AvgIpc) is 3.24. The summed E-state index contributed by atoms with van der Waals surface area (Å²) in [6.07, 6.45) is 4.79. The van der Waals surface area contributed by atoms with Gasteiger partial charge in [-0.3, -0.25) is 14.3 Å². The molecule has 0 spiro atoms.